The van der Waals surface area contributed by atoms with E-state index < -0.39 is 17.3 Å². The number of benzene rings is 1. The van der Waals surface area contributed by atoms with Crippen LogP contribution in [0.25, 0.3) is 0 Å². The summed E-state index contributed by atoms with van der Waals surface area (Å²) in [6, 6.07) is 6.93. The first kappa shape index (κ1) is 18.0. The van der Waals surface area contributed by atoms with Gasteiger partial charge < -0.3 is 16.2 Å². The highest BCUT2D eigenvalue weighted by molar-refractivity contribution is 5.91. The Labute approximate surface area is 141 Å². The Morgan fingerprint density at radius 2 is 1.67 bits per heavy atom. The topological polar surface area (TPSA) is 109 Å². The molecule has 0 aliphatic heterocycles. The van der Waals surface area contributed by atoms with Gasteiger partial charge in [-0.1, -0.05) is 31.4 Å². The minimum Gasteiger partial charge on any atom is -0.481 e. The van der Waals surface area contributed by atoms with Crippen LogP contribution in [-0.4, -0.2) is 22.9 Å². The van der Waals surface area contributed by atoms with Crippen LogP contribution in [-0.2, 0) is 20.8 Å². The second kappa shape index (κ2) is 7.95. The largest absolute Gasteiger partial charge is 0.481 e. The molecular weight excluding hydrogens is 308 g/mol. The van der Waals surface area contributed by atoms with Crippen LogP contribution in [0.5, 0.6) is 0 Å². The van der Waals surface area contributed by atoms with Crippen molar-refractivity contribution in [3.63, 3.8) is 0 Å². The number of nitrogens with two attached hydrogens (primary N) is 1. The molecule has 6 nitrogen and oxygen atoms in total. The molecule has 130 valence electrons. The number of carboxylic acids is 1. The number of carbonyl (C=O) groups excluding carboxylic acids is 2. The van der Waals surface area contributed by atoms with Crippen molar-refractivity contribution in [3.8, 4) is 0 Å². The maximum atomic E-state index is 12.4. The molecule has 0 bridgehead atoms. The minimum absolute atomic E-state index is 0.0397. The van der Waals surface area contributed by atoms with Gasteiger partial charge in [0, 0.05) is 12.1 Å². The van der Waals surface area contributed by atoms with Crippen LogP contribution in [0.1, 0.15) is 50.5 Å². The van der Waals surface area contributed by atoms with E-state index in [-0.39, 0.29) is 25.2 Å². The van der Waals surface area contributed by atoms with Gasteiger partial charge >= 0.3 is 5.97 Å². The number of carbonyl (C=O) groups is 3. The van der Waals surface area contributed by atoms with Crippen molar-refractivity contribution >= 4 is 23.5 Å². The van der Waals surface area contributed by atoms with E-state index in [1.165, 1.54) is 0 Å². The Kier molecular flexibility index (Phi) is 5.95. The maximum Gasteiger partial charge on any atom is 0.303 e. The maximum absolute atomic E-state index is 12.4. The van der Waals surface area contributed by atoms with E-state index in [4.69, 9.17) is 10.8 Å². The summed E-state index contributed by atoms with van der Waals surface area (Å²) >= 11 is 0. The van der Waals surface area contributed by atoms with Gasteiger partial charge in [0.15, 0.2) is 0 Å². The zero-order valence-electron chi connectivity index (χ0n) is 13.7. The molecule has 6 heteroatoms. The zero-order valence-corrected chi connectivity index (χ0v) is 13.7. The third-order valence-corrected chi connectivity index (χ3v) is 4.59. The van der Waals surface area contributed by atoms with Crippen molar-refractivity contribution in [1.82, 2.24) is 0 Å². The number of aliphatic carboxylic acids is 1. The molecule has 0 aromatic heterocycles. The molecule has 2 amide bonds. The number of primary amides is 1. The highest BCUT2D eigenvalue weighted by atomic mass is 16.4. The minimum atomic E-state index is -0.847. The summed E-state index contributed by atoms with van der Waals surface area (Å²) in [4.78, 5) is 34.4. The van der Waals surface area contributed by atoms with Crippen LogP contribution in [0, 0.1) is 5.41 Å². The molecule has 1 aliphatic carbocycles. The molecule has 1 fully saturated rings. The summed E-state index contributed by atoms with van der Waals surface area (Å²) in [6.45, 7) is 0. The van der Waals surface area contributed by atoms with Crippen molar-refractivity contribution in [2.45, 2.75) is 51.4 Å². The lowest BCUT2D eigenvalue weighted by molar-refractivity contribution is -0.141. The summed E-state index contributed by atoms with van der Waals surface area (Å²) in [5.41, 5.74) is 6.14. The van der Waals surface area contributed by atoms with Crippen molar-refractivity contribution in [1.29, 1.82) is 0 Å². The van der Waals surface area contributed by atoms with E-state index >= 15 is 0 Å². The lowest BCUT2D eigenvalue weighted by Crippen LogP contribution is -2.32. The fraction of sp³-hybridized carbons (Fsp3) is 0.500. The predicted molar refractivity (Wildman–Crippen MR) is 90.4 cm³/mol. The Morgan fingerprint density at radius 3 is 2.21 bits per heavy atom. The molecule has 24 heavy (non-hydrogen) atoms. The molecule has 0 heterocycles. The van der Waals surface area contributed by atoms with Crippen molar-refractivity contribution < 1.29 is 19.5 Å². The van der Waals surface area contributed by atoms with Crippen LogP contribution in [0.15, 0.2) is 24.3 Å². The van der Waals surface area contributed by atoms with Gasteiger partial charge in [0.1, 0.15) is 0 Å². The van der Waals surface area contributed by atoms with E-state index in [2.05, 4.69) is 5.32 Å². The smallest absolute Gasteiger partial charge is 0.303 e. The molecule has 1 aliphatic rings. The van der Waals surface area contributed by atoms with Crippen LogP contribution < -0.4 is 11.1 Å². The first-order chi connectivity index (χ1) is 11.4. The molecule has 0 spiro atoms. The van der Waals surface area contributed by atoms with Gasteiger partial charge in [-0.05, 0) is 36.0 Å². The van der Waals surface area contributed by atoms with E-state index in [0.717, 1.165) is 37.7 Å². The van der Waals surface area contributed by atoms with Gasteiger partial charge in [-0.15, -0.1) is 0 Å². The molecule has 1 saturated carbocycles. The molecule has 4 N–H and O–H groups in total. The van der Waals surface area contributed by atoms with Gasteiger partial charge in [0.2, 0.25) is 11.8 Å². The molecule has 0 saturated heterocycles. The summed E-state index contributed by atoms with van der Waals surface area (Å²) in [7, 11) is 0. The number of hydrogen-bond donors (Lipinski definition) is 3. The quantitative estimate of drug-likeness (QED) is 0.712. The van der Waals surface area contributed by atoms with E-state index in [1.807, 2.05) is 0 Å². The molecule has 2 rings (SSSR count). The molecular formula is C18H24N2O4. The first-order valence-electron chi connectivity index (χ1n) is 8.27. The number of carboxylic acid groups (broad SMARTS) is 1. The third kappa shape index (κ3) is 5.37. The average Bonchev–Trinajstić information content (AvgIpc) is 2.48. The van der Waals surface area contributed by atoms with E-state index in [1.54, 1.807) is 24.3 Å². The molecule has 0 atom stereocenters. The van der Waals surface area contributed by atoms with Gasteiger partial charge in [-0.3, -0.25) is 14.4 Å². The van der Waals surface area contributed by atoms with Gasteiger partial charge in [-0.25, -0.2) is 0 Å². The second-order valence-electron chi connectivity index (χ2n) is 6.70. The van der Waals surface area contributed by atoms with Crippen LogP contribution in [0.3, 0.4) is 0 Å². The Morgan fingerprint density at radius 1 is 1.04 bits per heavy atom. The number of hydrogen-bond acceptors (Lipinski definition) is 3. The number of amides is 2. The van der Waals surface area contributed by atoms with Gasteiger partial charge in [0.25, 0.3) is 0 Å². The monoisotopic (exact) mass is 332 g/mol. The summed E-state index contributed by atoms with van der Waals surface area (Å²) in [6.07, 6.45) is 5.04. The third-order valence-electron chi connectivity index (χ3n) is 4.59. The van der Waals surface area contributed by atoms with Gasteiger partial charge in [-0.2, -0.15) is 0 Å². The van der Waals surface area contributed by atoms with Crippen molar-refractivity contribution in [3.05, 3.63) is 29.8 Å². The Bertz CT molecular complexity index is 604. The number of anilines is 1. The van der Waals surface area contributed by atoms with Crippen LogP contribution in [0.2, 0.25) is 0 Å². The Balaban J connectivity index is 1.97. The lowest BCUT2D eigenvalue weighted by Gasteiger charge is -2.35. The van der Waals surface area contributed by atoms with Crippen LogP contribution >= 0.6 is 0 Å². The Hall–Kier alpha value is -2.37. The summed E-state index contributed by atoms with van der Waals surface area (Å²) < 4.78 is 0. The predicted octanol–water partition coefficient (Wildman–Crippen LogP) is 2.47. The number of rotatable bonds is 7. The fourth-order valence-corrected chi connectivity index (χ4v) is 3.49. The molecule has 1 aromatic carbocycles. The van der Waals surface area contributed by atoms with Crippen molar-refractivity contribution in [2.75, 3.05) is 5.32 Å². The fourth-order valence-electron chi connectivity index (χ4n) is 3.49. The van der Waals surface area contributed by atoms with E-state index in [9.17, 15) is 14.4 Å². The lowest BCUT2D eigenvalue weighted by atomic mass is 9.69. The average molecular weight is 332 g/mol. The standard InChI is InChI=1S/C18H24N2O4/c19-15(21)10-13-4-6-14(7-5-13)20-16(22)11-18(12-17(23)24)8-2-1-3-9-18/h4-7H,1-3,8-12H2,(H2,19,21)(H,20,22)(H,23,24). The highest BCUT2D eigenvalue weighted by Crippen LogP contribution is 2.42. The molecule has 0 radical (unpaired) electrons. The highest BCUT2D eigenvalue weighted by Gasteiger charge is 2.36. The second-order valence-corrected chi connectivity index (χ2v) is 6.70. The zero-order chi connectivity index (χ0) is 17.6. The first-order valence-corrected chi connectivity index (χ1v) is 8.27. The van der Waals surface area contributed by atoms with Crippen molar-refractivity contribution in [2.24, 2.45) is 11.1 Å². The van der Waals surface area contributed by atoms with E-state index in [0.29, 0.717) is 5.69 Å². The van der Waals surface area contributed by atoms with Crippen LogP contribution in [0.4, 0.5) is 5.69 Å². The van der Waals surface area contributed by atoms with Gasteiger partial charge in [0.05, 0.1) is 12.8 Å². The summed E-state index contributed by atoms with van der Waals surface area (Å²) in [5.74, 6) is -1.42. The summed E-state index contributed by atoms with van der Waals surface area (Å²) in [5, 5.41) is 12.0. The molecule has 0 unspecified atom stereocenters. The molecule has 1 aromatic rings. The normalized spacial score (nSPS) is 16.3. The SMILES string of the molecule is NC(=O)Cc1ccc(NC(=O)CC2(CC(=O)O)CCCCC2)cc1. The number of nitrogens with one attached hydrogen (secondary N) is 1.